The highest BCUT2D eigenvalue weighted by Crippen LogP contribution is 2.36. The van der Waals surface area contributed by atoms with Crippen molar-refractivity contribution >= 4 is 23.2 Å². The fraction of sp³-hybridized carbons (Fsp3) is 0.381. The van der Waals surface area contributed by atoms with Gasteiger partial charge in [-0.25, -0.2) is 4.39 Å². The highest BCUT2D eigenvalue weighted by molar-refractivity contribution is 6.32. The van der Waals surface area contributed by atoms with E-state index >= 15 is 0 Å². The summed E-state index contributed by atoms with van der Waals surface area (Å²) in [4.78, 5) is 14.8. The van der Waals surface area contributed by atoms with Crippen LogP contribution >= 0.6 is 11.6 Å². The molecule has 1 atom stereocenters. The molecule has 0 bridgehead atoms. The van der Waals surface area contributed by atoms with Crippen LogP contribution in [0.5, 0.6) is 11.5 Å². The van der Waals surface area contributed by atoms with Crippen molar-refractivity contribution in [2.24, 2.45) is 5.92 Å². The zero-order valence-corrected chi connectivity index (χ0v) is 16.8. The Morgan fingerprint density at radius 2 is 2.07 bits per heavy atom. The van der Waals surface area contributed by atoms with Gasteiger partial charge in [0.25, 0.3) is 5.91 Å². The van der Waals surface area contributed by atoms with E-state index in [2.05, 4.69) is 10.2 Å². The van der Waals surface area contributed by atoms with Gasteiger partial charge in [-0.2, -0.15) is 0 Å². The second-order valence-electron chi connectivity index (χ2n) is 6.71. The molecule has 2 aromatic carbocycles. The van der Waals surface area contributed by atoms with Gasteiger partial charge in [0.1, 0.15) is 5.82 Å². The van der Waals surface area contributed by atoms with Gasteiger partial charge in [-0.15, -0.1) is 0 Å². The summed E-state index contributed by atoms with van der Waals surface area (Å²) in [6.45, 7) is 4.57. The Kier molecular flexibility index (Phi) is 6.62. The zero-order valence-electron chi connectivity index (χ0n) is 16.0. The number of nitrogens with one attached hydrogen (secondary N) is 1. The third-order valence-electron chi connectivity index (χ3n) is 4.81. The molecule has 1 fully saturated rings. The predicted molar refractivity (Wildman–Crippen MR) is 108 cm³/mol. The van der Waals surface area contributed by atoms with Crippen molar-refractivity contribution in [2.75, 3.05) is 38.3 Å². The third-order valence-corrected chi connectivity index (χ3v) is 5.09. The standard InChI is InChI=1S/C21H24ClFN2O3/c1-3-28-20-18(22)10-15(11-19(20)27-2)21(26)24-12-14-8-9-25(13-14)17-6-4-16(23)5-7-17/h4-7,10-11,14H,3,8-9,12-13H2,1-2H3,(H,24,26). The molecule has 2 aromatic rings. The highest BCUT2D eigenvalue weighted by atomic mass is 35.5. The monoisotopic (exact) mass is 406 g/mol. The molecule has 7 heteroatoms. The molecule has 3 rings (SSSR count). The first-order chi connectivity index (χ1) is 13.5. The second kappa shape index (κ2) is 9.15. The summed E-state index contributed by atoms with van der Waals surface area (Å²) in [6, 6.07) is 9.71. The van der Waals surface area contributed by atoms with Gasteiger partial charge in [0.2, 0.25) is 0 Å². The van der Waals surface area contributed by atoms with Gasteiger partial charge >= 0.3 is 0 Å². The van der Waals surface area contributed by atoms with Gasteiger partial charge in [0.05, 0.1) is 18.7 Å². The molecule has 1 amide bonds. The Labute approximate surface area is 169 Å². The molecule has 1 aliphatic rings. The quantitative estimate of drug-likeness (QED) is 0.750. The molecular weight excluding hydrogens is 383 g/mol. The van der Waals surface area contributed by atoms with Crippen LogP contribution in [0, 0.1) is 11.7 Å². The van der Waals surface area contributed by atoms with Gasteiger partial charge in [-0.3, -0.25) is 4.79 Å². The Morgan fingerprint density at radius 1 is 1.32 bits per heavy atom. The van der Waals surface area contributed by atoms with Crippen molar-refractivity contribution in [3.63, 3.8) is 0 Å². The number of halogens is 2. The number of carbonyl (C=O) groups excluding carboxylic acids is 1. The average molecular weight is 407 g/mol. The second-order valence-corrected chi connectivity index (χ2v) is 7.12. The van der Waals surface area contributed by atoms with E-state index in [9.17, 15) is 9.18 Å². The normalized spacial score (nSPS) is 16.1. The predicted octanol–water partition coefficient (Wildman–Crippen LogP) is 4.14. The molecule has 150 valence electrons. The lowest BCUT2D eigenvalue weighted by Crippen LogP contribution is -2.31. The largest absolute Gasteiger partial charge is 0.493 e. The van der Waals surface area contributed by atoms with Crippen LogP contribution < -0.4 is 19.7 Å². The van der Waals surface area contributed by atoms with E-state index in [0.717, 1.165) is 25.2 Å². The van der Waals surface area contributed by atoms with Gasteiger partial charge in [-0.05, 0) is 55.7 Å². The van der Waals surface area contributed by atoms with Crippen LogP contribution in [0.25, 0.3) is 0 Å². The summed E-state index contributed by atoms with van der Waals surface area (Å²) in [7, 11) is 1.51. The molecule has 0 saturated carbocycles. The molecule has 1 heterocycles. The van der Waals surface area contributed by atoms with Crippen LogP contribution in [0.1, 0.15) is 23.7 Å². The molecule has 1 aliphatic heterocycles. The van der Waals surface area contributed by atoms with Crippen molar-refractivity contribution in [1.82, 2.24) is 5.32 Å². The first kappa shape index (κ1) is 20.3. The number of amides is 1. The van der Waals surface area contributed by atoms with Crippen LogP contribution in [0.3, 0.4) is 0 Å². The fourth-order valence-electron chi connectivity index (χ4n) is 3.36. The number of hydrogen-bond donors (Lipinski definition) is 1. The zero-order chi connectivity index (χ0) is 20.1. The SMILES string of the molecule is CCOc1c(Cl)cc(C(=O)NCC2CCN(c3ccc(F)cc3)C2)cc1OC. The lowest BCUT2D eigenvalue weighted by atomic mass is 10.1. The van der Waals surface area contributed by atoms with Crippen LogP contribution in [0.4, 0.5) is 10.1 Å². The minimum Gasteiger partial charge on any atom is -0.493 e. The summed E-state index contributed by atoms with van der Waals surface area (Å²) in [5.74, 6) is 0.755. The first-order valence-corrected chi connectivity index (χ1v) is 9.68. The Hall–Kier alpha value is -2.47. The van der Waals surface area contributed by atoms with Gasteiger partial charge in [0, 0.05) is 30.9 Å². The molecule has 1 unspecified atom stereocenters. The van der Waals surface area contributed by atoms with Crippen LogP contribution in [-0.4, -0.2) is 39.3 Å². The van der Waals surface area contributed by atoms with Crippen LogP contribution in [0.2, 0.25) is 5.02 Å². The van der Waals surface area contributed by atoms with E-state index in [0.29, 0.717) is 41.2 Å². The van der Waals surface area contributed by atoms with E-state index in [-0.39, 0.29) is 11.7 Å². The van der Waals surface area contributed by atoms with Crippen molar-refractivity contribution in [3.8, 4) is 11.5 Å². The average Bonchev–Trinajstić information content (AvgIpc) is 3.17. The number of benzene rings is 2. The van der Waals surface area contributed by atoms with Crippen LogP contribution in [-0.2, 0) is 0 Å². The molecule has 28 heavy (non-hydrogen) atoms. The number of nitrogens with zero attached hydrogens (tertiary/aromatic N) is 1. The molecule has 1 N–H and O–H groups in total. The third kappa shape index (κ3) is 4.68. The molecule has 5 nitrogen and oxygen atoms in total. The molecule has 0 aliphatic carbocycles. The summed E-state index contributed by atoms with van der Waals surface area (Å²) < 4.78 is 23.9. The van der Waals surface area contributed by atoms with E-state index < -0.39 is 0 Å². The first-order valence-electron chi connectivity index (χ1n) is 9.30. The lowest BCUT2D eigenvalue weighted by molar-refractivity contribution is 0.0948. The number of hydrogen-bond acceptors (Lipinski definition) is 4. The van der Waals surface area contributed by atoms with Crippen molar-refractivity contribution in [1.29, 1.82) is 0 Å². The summed E-state index contributed by atoms with van der Waals surface area (Å²) in [6.07, 6.45) is 0.963. The van der Waals surface area contributed by atoms with Crippen molar-refractivity contribution in [2.45, 2.75) is 13.3 Å². The summed E-state index contributed by atoms with van der Waals surface area (Å²) >= 11 is 6.24. The summed E-state index contributed by atoms with van der Waals surface area (Å²) in [5, 5.41) is 3.31. The Bertz CT molecular complexity index is 829. The maximum atomic E-state index is 13.1. The number of anilines is 1. The molecule has 0 radical (unpaired) electrons. The topological polar surface area (TPSA) is 50.8 Å². The molecular formula is C21H24ClFN2O3. The van der Waals surface area contributed by atoms with Gasteiger partial charge in [0.15, 0.2) is 11.5 Å². The van der Waals surface area contributed by atoms with Gasteiger partial charge < -0.3 is 19.7 Å². The Morgan fingerprint density at radius 3 is 2.75 bits per heavy atom. The minimum absolute atomic E-state index is 0.205. The Balaban J connectivity index is 1.58. The smallest absolute Gasteiger partial charge is 0.251 e. The molecule has 1 saturated heterocycles. The highest BCUT2D eigenvalue weighted by Gasteiger charge is 2.24. The number of methoxy groups -OCH3 is 1. The van der Waals surface area contributed by atoms with E-state index in [4.69, 9.17) is 21.1 Å². The lowest BCUT2D eigenvalue weighted by Gasteiger charge is -2.19. The van der Waals surface area contributed by atoms with E-state index in [1.165, 1.54) is 19.2 Å². The molecule has 0 spiro atoms. The maximum absolute atomic E-state index is 13.1. The maximum Gasteiger partial charge on any atom is 0.251 e. The number of ether oxygens (including phenoxy) is 2. The number of rotatable bonds is 7. The van der Waals surface area contributed by atoms with Gasteiger partial charge in [-0.1, -0.05) is 11.6 Å². The minimum atomic E-state index is -0.240. The van der Waals surface area contributed by atoms with E-state index in [1.54, 1.807) is 24.3 Å². The van der Waals surface area contributed by atoms with Crippen molar-refractivity contribution < 1.29 is 18.7 Å². The van der Waals surface area contributed by atoms with E-state index in [1.807, 2.05) is 6.92 Å². The number of carbonyl (C=O) groups is 1. The summed E-state index contributed by atoms with van der Waals surface area (Å²) in [5.41, 5.74) is 1.43. The molecule has 0 aromatic heterocycles. The fourth-order valence-corrected chi connectivity index (χ4v) is 3.63. The van der Waals surface area contributed by atoms with Crippen LogP contribution in [0.15, 0.2) is 36.4 Å². The van der Waals surface area contributed by atoms with Crippen molar-refractivity contribution in [3.05, 3.63) is 52.8 Å².